The topological polar surface area (TPSA) is 126 Å². The normalized spacial score (nSPS) is 21.0. The first-order chi connectivity index (χ1) is 13.8. The molecule has 0 aromatic heterocycles. The van der Waals surface area contributed by atoms with Gasteiger partial charge in [0.2, 0.25) is 5.91 Å². The fourth-order valence-electron chi connectivity index (χ4n) is 3.30. The summed E-state index contributed by atoms with van der Waals surface area (Å²) in [6.45, 7) is 0. The minimum Gasteiger partial charge on any atom is -0.469 e. The van der Waals surface area contributed by atoms with E-state index in [1.165, 1.54) is 32.4 Å². The van der Waals surface area contributed by atoms with Crippen LogP contribution in [0.5, 0.6) is 0 Å². The van der Waals surface area contributed by atoms with E-state index in [4.69, 9.17) is 5.73 Å². The summed E-state index contributed by atoms with van der Waals surface area (Å²) < 4.78 is 18.5. The zero-order chi connectivity index (χ0) is 21.3. The first kappa shape index (κ1) is 20.4. The molecule has 29 heavy (non-hydrogen) atoms. The van der Waals surface area contributed by atoms with E-state index in [1.54, 1.807) is 6.07 Å². The highest BCUT2D eigenvalue weighted by Gasteiger charge is 2.48. The number of amides is 2. The van der Waals surface area contributed by atoms with E-state index in [1.807, 2.05) is 6.07 Å². The molecule has 2 aliphatic rings. The van der Waals surface area contributed by atoms with Crippen LogP contribution in [0.1, 0.15) is 17.9 Å². The van der Waals surface area contributed by atoms with Gasteiger partial charge in [0.25, 0.3) is 5.91 Å². The summed E-state index contributed by atoms with van der Waals surface area (Å²) in [7, 11) is 2.61. The van der Waals surface area contributed by atoms with Crippen molar-refractivity contribution in [3.8, 4) is 6.07 Å². The molecular weight excluding hydrogens is 399 g/mol. The Kier molecular flexibility index (Phi) is 5.61. The first-order valence-corrected chi connectivity index (χ1v) is 9.40. The van der Waals surface area contributed by atoms with Gasteiger partial charge in [0, 0.05) is 7.05 Å². The van der Waals surface area contributed by atoms with Gasteiger partial charge < -0.3 is 15.8 Å². The van der Waals surface area contributed by atoms with Crippen molar-refractivity contribution in [2.75, 3.05) is 14.2 Å². The van der Waals surface area contributed by atoms with Gasteiger partial charge in [0.15, 0.2) is 0 Å². The molecule has 0 bridgehead atoms. The van der Waals surface area contributed by atoms with Crippen molar-refractivity contribution in [3.05, 3.63) is 57.6 Å². The van der Waals surface area contributed by atoms with E-state index >= 15 is 0 Å². The molecular formula is C19H17FN4O4S. The van der Waals surface area contributed by atoms with Gasteiger partial charge in [0.05, 0.1) is 41.7 Å². The Hall–Kier alpha value is -3.32. The number of halogens is 1. The molecule has 3 rings (SSSR count). The van der Waals surface area contributed by atoms with E-state index < -0.39 is 34.8 Å². The molecule has 10 heteroatoms. The Morgan fingerprint density at radius 3 is 2.76 bits per heavy atom. The largest absolute Gasteiger partial charge is 0.469 e. The van der Waals surface area contributed by atoms with Gasteiger partial charge in [-0.25, -0.2) is 4.39 Å². The zero-order valence-electron chi connectivity index (χ0n) is 15.6. The molecule has 1 aromatic carbocycles. The van der Waals surface area contributed by atoms with Crippen LogP contribution in [-0.4, -0.2) is 42.1 Å². The van der Waals surface area contributed by atoms with Crippen molar-refractivity contribution in [1.29, 1.82) is 5.26 Å². The number of nitrogens with zero attached hydrogens (tertiary/aromatic N) is 2. The standard InChI is InChI=1S/C19H17FN4O4S/c1-23-17(26)15-14(9-4-3-5-10(20)6-9)11(8-21)16(22)24-18(27)12(29-19(15)24)7-13(25)28-2/h3-6,12,14H,7,22H2,1-2H3,(H,23,26)/t12-,14-/m0/s1. The second kappa shape index (κ2) is 7.97. The molecule has 2 aliphatic heterocycles. The monoisotopic (exact) mass is 416 g/mol. The Balaban J connectivity index is 2.21. The number of nitrogens with two attached hydrogens (primary N) is 1. The fraction of sp³-hybridized carbons (Fsp3) is 0.263. The number of esters is 1. The number of ether oxygens (including phenoxy) is 1. The van der Waals surface area contributed by atoms with Crippen LogP contribution in [0.4, 0.5) is 4.39 Å². The molecule has 3 N–H and O–H groups in total. The molecule has 8 nitrogen and oxygen atoms in total. The maximum atomic E-state index is 13.9. The summed E-state index contributed by atoms with van der Waals surface area (Å²) in [4.78, 5) is 38.4. The highest BCUT2D eigenvalue weighted by molar-refractivity contribution is 8.04. The smallest absolute Gasteiger partial charge is 0.307 e. The van der Waals surface area contributed by atoms with Crippen molar-refractivity contribution in [2.24, 2.45) is 5.73 Å². The van der Waals surface area contributed by atoms with E-state index in [9.17, 15) is 24.0 Å². The second-order valence-corrected chi connectivity index (χ2v) is 7.45. The van der Waals surface area contributed by atoms with Crippen LogP contribution >= 0.6 is 11.8 Å². The summed E-state index contributed by atoms with van der Waals surface area (Å²) in [5.74, 6) is -3.31. The van der Waals surface area contributed by atoms with E-state index in [2.05, 4.69) is 10.1 Å². The van der Waals surface area contributed by atoms with E-state index in [-0.39, 0.29) is 28.4 Å². The van der Waals surface area contributed by atoms with Gasteiger partial charge in [-0.1, -0.05) is 23.9 Å². The van der Waals surface area contributed by atoms with Crippen LogP contribution in [0.15, 0.2) is 46.3 Å². The molecule has 150 valence electrons. The Morgan fingerprint density at radius 2 is 2.17 bits per heavy atom. The fourth-order valence-corrected chi connectivity index (χ4v) is 4.62. The first-order valence-electron chi connectivity index (χ1n) is 8.52. The van der Waals surface area contributed by atoms with Gasteiger partial charge in [-0.2, -0.15) is 5.26 Å². The number of fused-ring (bicyclic) bond motifs is 1. The Bertz CT molecular complexity index is 1010. The number of carbonyl (C=O) groups is 3. The quantitative estimate of drug-likeness (QED) is 0.704. The number of nitriles is 1. The van der Waals surface area contributed by atoms with Crippen LogP contribution in [0.25, 0.3) is 0 Å². The van der Waals surface area contributed by atoms with E-state index in [0.717, 1.165) is 16.7 Å². The molecule has 0 saturated carbocycles. The average molecular weight is 416 g/mol. The number of nitrogens with one attached hydrogen (secondary N) is 1. The van der Waals surface area contributed by atoms with Gasteiger partial charge in [-0.3, -0.25) is 19.3 Å². The number of allylic oxidation sites excluding steroid dienone is 1. The maximum absolute atomic E-state index is 13.9. The van der Waals surface area contributed by atoms with Crippen LogP contribution in [0.2, 0.25) is 0 Å². The van der Waals surface area contributed by atoms with Crippen molar-refractivity contribution >= 4 is 29.5 Å². The maximum Gasteiger partial charge on any atom is 0.307 e. The molecule has 1 fully saturated rings. The molecule has 2 atom stereocenters. The van der Waals surface area contributed by atoms with Crippen molar-refractivity contribution in [1.82, 2.24) is 10.2 Å². The lowest BCUT2D eigenvalue weighted by atomic mass is 9.82. The van der Waals surface area contributed by atoms with Crippen molar-refractivity contribution in [3.63, 3.8) is 0 Å². The molecule has 2 amide bonds. The number of hydrogen-bond acceptors (Lipinski definition) is 7. The predicted octanol–water partition coefficient (Wildman–Crippen LogP) is 1.08. The summed E-state index contributed by atoms with van der Waals surface area (Å²) in [6.07, 6.45) is -0.221. The number of hydrogen-bond donors (Lipinski definition) is 2. The van der Waals surface area contributed by atoms with Gasteiger partial charge in [-0.15, -0.1) is 0 Å². The minimum absolute atomic E-state index is 0.0504. The van der Waals surface area contributed by atoms with Gasteiger partial charge >= 0.3 is 5.97 Å². The Labute approximate surface area is 170 Å². The molecule has 1 aromatic rings. The van der Waals surface area contributed by atoms with E-state index in [0.29, 0.717) is 5.56 Å². The summed E-state index contributed by atoms with van der Waals surface area (Å²) >= 11 is 0.994. The number of rotatable bonds is 4. The number of likely N-dealkylation sites (N-methyl/N-ethyl adjacent to an activating group) is 1. The highest BCUT2D eigenvalue weighted by atomic mass is 32.2. The molecule has 0 spiro atoms. The van der Waals surface area contributed by atoms with Crippen molar-refractivity contribution in [2.45, 2.75) is 17.6 Å². The van der Waals surface area contributed by atoms with Crippen LogP contribution < -0.4 is 11.1 Å². The third-order valence-corrected chi connectivity index (χ3v) is 5.91. The number of carbonyl (C=O) groups excluding carboxylic acids is 3. The van der Waals surface area contributed by atoms with Gasteiger partial charge in [-0.05, 0) is 17.7 Å². The molecule has 0 aliphatic carbocycles. The number of benzene rings is 1. The van der Waals surface area contributed by atoms with Gasteiger partial charge in [0.1, 0.15) is 16.9 Å². The molecule has 1 saturated heterocycles. The number of methoxy groups -OCH3 is 1. The molecule has 0 radical (unpaired) electrons. The summed E-state index contributed by atoms with van der Waals surface area (Å²) in [5, 5.41) is 11.6. The van der Waals surface area contributed by atoms with Crippen LogP contribution in [0.3, 0.4) is 0 Å². The average Bonchev–Trinajstić information content (AvgIpc) is 3.03. The number of thioether (sulfide) groups is 1. The summed E-state index contributed by atoms with van der Waals surface area (Å²) in [6, 6.07) is 7.44. The third-order valence-electron chi connectivity index (χ3n) is 4.63. The predicted molar refractivity (Wildman–Crippen MR) is 102 cm³/mol. The molecule has 2 heterocycles. The summed E-state index contributed by atoms with van der Waals surface area (Å²) in [5.41, 5.74) is 6.52. The second-order valence-electron chi connectivity index (χ2n) is 6.26. The zero-order valence-corrected chi connectivity index (χ0v) is 16.4. The lowest BCUT2D eigenvalue weighted by Crippen LogP contribution is -2.39. The third kappa shape index (κ3) is 3.45. The lowest BCUT2D eigenvalue weighted by molar-refractivity contribution is -0.142. The molecule has 0 unspecified atom stereocenters. The minimum atomic E-state index is -0.959. The lowest BCUT2D eigenvalue weighted by Gasteiger charge is -2.31. The SMILES string of the molecule is CNC(=O)C1=C2S[C@@H](CC(=O)OC)C(=O)N2C(N)=C(C#N)[C@@H]1c1cccc(F)c1. The van der Waals surface area contributed by atoms with Crippen molar-refractivity contribution < 1.29 is 23.5 Å². The Morgan fingerprint density at radius 1 is 1.45 bits per heavy atom. The van der Waals surface area contributed by atoms with Crippen LogP contribution in [0, 0.1) is 17.1 Å². The highest BCUT2D eigenvalue weighted by Crippen LogP contribution is 2.49. The van der Waals surface area contributed by atoms with Crippen LogP contribution in [-0.2, 0) is 19.1 Å².